The average molecular weight is 394 g/mol. The van der Waals surface area contributed by atoms with E-state index in [1.807, 2.05) is 17.8 Å². The van der Waals surface area contributed by atoms with Crippen LogP contribution in [0.2, 0.25) is 0 Å². The van der Waals surface area contributed by atoms with Crippen molar-refractivity contribution < 1.29 is 9.47 Å². The van der Waals surface area contributed by atoms with Crippen LogP contribution in [0.4, 0.5) is 0 Å². The smallest absolute Gasteiger partial charge is 0.180 e. The molecule has 1 spiro atoms. The predicted octanol–water partition coefficient (Wildman–Crippen LogP) is 6.66. The lowest BCUT2D eigenvalue weighted by Crippen LogP contribution is -2.36. The highest BCUT2D eigenvalue weighted by Crippen LogP contribution is 2.53. The molecule has 4 aromatic carbocycles. The first-order valence-corrected chi connectivity index (χ1v) is 10.5. The van der Waals surface area contributed by atoms with Gasteiger partial charge in [-0.3, -0.25) is 0 Å². The molecule has 4 aromatic rings. The lowest BCUT2D eigenvalue weighted by molar-refractivity contribution is 0.154. The van der Waals surface area contributed by atoms with E-state index in [9.17, 15) is 0 Å². The summed E-state index contributed by atoms with van der Waals surface area (Å²) in [5.74, 6) is 1.77. The van der Waals surface area contributed by atoms with E-state index in [2.05, 4.69) is 84.9 Å². The summed E-state index contributed by atoms with van der Waals surface area (Å²) in [6.07, 6.45) is 4.44. The van der Waals surface area contributed by atoms with Crippen LogP contribution in [0.3, 0.4) is 0 Å². The zero-order chi connectivity index (χ0) is 19.4. The molecule has 2 aliphatic heterocycles. The fourth-order valence-corrected chi connectivity index (χ4v) is 5.58. The minimum absolute atomic E-state index is 0.606. The van der Waals surface area contributed by atoms with Crippen LogP contribution in [0.1, 0.15) is 16.7 Å². The van der Waals surface area contributed by atoms with Gasteiger partial charge in [-0.2, -0.15) is 0 Å². The maximum Gasteiger partial charge on any atom is 0.180 e. The molecule has 0 saturated heterocycles. The van der Waals surface area contributed by atoms with Gasteiger partial charge in [0.15, 0.2) is 5.60 Å². The van der Waals surface area contributed by atoms with Crippen molar-refractivity contribution in [1.29, 1.82) is 0 Å². The van der Waals surface area contributed by atoms with Gasteiger partial charge in [0.2, 0.25) is 0 Å². The summed E-state index contributed by atoms with van der Waals surface area (Å²) in [5, 5.41) is 2.31. The Morgan fingerprint density at radius 1 is 0.828 bits per heavy atom. The average Bonchev–Trinajstić information content (AvgIpc) is 2.78. The first-order chi connectivity index (χ1) is 14.3. The summed E-state index contributed by atoms with van der Waals surface area (Å²) in [6.45, 7) is 0. The Kier molecular flexibility index (Phi) is 3.56. The first-order valence-electron chi connectivity index (χ1n) is 9.64. The molecule has 2 aliphatic rings. The highest BCUT2D eigenvalue weighted by atomic mass is 32.2. The highest BCUT2D eigenvalue weighted by Gasteiger charge is 2.43. The second kappa shape index (κ2) is 6.16. The van der Waals surface area contributed by atoms with Crippen molar-refractivity contribution in [2.45, 2.75) is 15.4 Å². The second-order valence-electron chi connectivity index (χ2n) is 7.33. The van der Waals surface area contributed by atoms with E-state index in [-0.39, 0.29) is 0 Å². The molecule has 0 amide bonds. The van der Waals surface area contributed by atoms with Crippen LogP contribution in [-0.4, -0.2) is 7.11 Å². The molecule has 6 rings (SSSR count). The van der Waals surface area contributed by atoms with Gasteiger partial charge >= 0.3 is 0 Å². The van der Waals surface area contributed by atoms with E-state index in [1.54, 1.807) is 7.11 Å². The van der Waals surface area contributed by atoms with Crippen molar-refractivity contribution in [3.63, 3.8) is 0 Å². The van der Waals surface area contributed by atoms with Gasteiger partial charge in [0.25, 0.3) is 0 Å². The molecule has 140 valence electrons. The number of benzene rings is 4. The van der Waals surface area contributed by atoms with Gasteiger partial charge in [-0.1, -0.05) is 54.2 Å². The third-order valence-electron chi connectivity index (χ3n) is 5.78. The molecule has 29 heavy (non-hydrogen) atoms. The summed E-state index contributed by atoms with van der Waals surface area (Å²) >= 11 is 1.81. The van der Waals surface area contributed by atoms with Gasteiger partial charge in [-0.15, -0.1) is 0 Å². The van der Waals surface area contributed by atoms with Gasteiger partial charge in [-0.25, -0.2) is 0 Å². The van der Waals surface area contributed by atoms with E-state index < -0.39 is 5.60 Å². The Morgan fingerprint density at radius 2 is 1.55 bits per heavy atom. The number of ether oxygens (including phenoxy) is 2. The Labute approximate surface area is 173 Å². The van der Waals surface area contributed by atoms with Crippen molar-refractivity contribution in [1.82, 2.24) is 0 Å². The summed E-state index contributed by atoms with van der Waals surface area (Å²) in [7, 11) is 1.70. The van der Waals surface area contributed by atoms with Crippen LogP contribution in [0, 0.1) is 0 Å². The van der Waals surface area contributed by atoms with Crippen molar-refractivity contribution in [2.24, 2.45) is 0 Å². The Balaban J connectivity index is 1.59. The van der Waals surface area contributed by atoms with Crippen LogP contribution >= 0.6 is 11.8 Å². The maximum atomic E-state index is 6.85. The monoisotopic (exact) mass is 394 g/mol. The third kappa shape index (κ3) is 2.37. The molecule has 0 fully saturated rings. The van der Waals surface area contributed by atoms with Crippen LogP contribution < -0.4 is 9.47 Å². The molecular weight excluding hydrogens is 376 g/mol. The number of hydrogen-bond acceptors (Lipinski definition) is 3. The lowest BCUT2D eigenvalue weighted by Gasteiger charge is -2.40. The van der Waals surface area contributed by atoms with E-state index in [0.29, 0.717) is 0 Å². The molecule has 0 atom stereocenters. The van der Waals surface area contributed by atoms with E-state index in [0.717, 1.165) is 22.4 Å². The predicted molar refractivity (Wildman–Crippen MR) is 118 cm³/mol. The highest BCUT2D eigenvalue weighted by molar-refractivity contribution is 7.99. The molecule has 0 N–H and O–H groups in total. The molecule has 2 heterocycles. The van der Waals surface area contributed by atoms with E-state index in [4.69, 9.17) is 9.47 Å². The molecule has 3 heteroatoms. The quantitative estimate of drug-likeness (QED) is 0.359. The van der Waals surface area contributed by atoms with Gasteiger partial charge in [0.1, 0.15) is 11.5 Å². The maximum absolute atomic E-state index is 6.85. The molecule has 0 bridgehead atoms. The standard InChI is InChI=1S/C26H18O2S/c1-27-18-11-12-19-17(16-18)10-13-23-20(19)14-15-26(28-23)21-6-2-4-8-24(21)29-25-9-5-3-7-22(25)26/h2-16H,1H3. The largest absolute Gasteiger partial charge is 0.497 e. The third-order valence-corrected chi connectivity index (χ3v) is 6.93. The number of hydrogen-bond donors (Lipinski definition) is 0. The molecule has 0 aliphatic carbocycles. The van der Waals surface area contributed by atoms with Crippen LogP contribution in [-0.2, 0) is 5.60 Å². The van der Waals surface area contributed by atoms with Crippen LogP contribution in [0.15, 0.2) is 94.7 Å². The Bertz CT molecular complexity index is 1260. The molecule has 0 radical (unpaired) electrons. The van der Waals surface area contributed by atoms with Crippen molar-refractivity contribution >= 4 is 28.6 Å². The van der Waals surface area contributed by atoms with Crippen molar-refractivity contribution in [3.05, 3.63) is 102 Å². The lowest BCUT2D eigenvalue weighted by atomic mass is 9.82. The fraction of sp³-hybridized carbons (Fsp3) is 0.0769. The summed E-state index contributed by atoms with van der Waals surface area (Å²) < 4.78 is 12.2. The van der Waals surface area contributed by atoms with Crippen LogP contribution in [0.5, 0.6) is 11.5 Å². The number of rotatable bonds is 1. The second-order valence-corrected chi connectivity index (χ2v) is 8.41. The molecule has 0 aromatic heterocycles. The summed E-state index contributed by atoms with van der Waals surface area (Å²) in [5.41, 5.74) is 2.90. The minimum Gasteiger partial charge on any atom is -0.497 e. The number of methoxy groups -OCH3 is 1. The zero-order valence-electron chi connectivity index (χ0n) is 15.9. The zero-order valence-corrected chi connectivity index (χ0v) is 16.7. The fourth-order valence-electron chi connectivity index (χ4n) is 4.39. The molecule has 2 nitrogen and oxygen atoms in total. The van der Waals surface area contributed by atoms with Crippen molar-refractivity contribution in [2.75, 3.05) is 7.11 Å². The van der Waals surface area contributed by atoms with Gasteiger partial charge in [0, 0.05) is 26.5 Å². The summed E-state index contributed by atoms with van der Waals surface area (Å²) in [4.78, 5) is 2.48. The SMILES string of the molecule is COc1ccc2c3c(ccc2c1)OC1(C=C3)c2ccccc2Sc2ccccc21. The van der Waals surface area contributed by atoms with Crippen molar-refractivity contribution in [3.8, 4) is 11.5 Å². The Morgan fingerprint density at radius 3 is 2.28 bits per heavy atom. The molecule has 0 unspecified atom stereocenters. The number of fused-ring (bicyclic) bond motifs is 7. The van der Waals surface area contributed by atoms with Gasteiger partial charge in [0.05, 0.1) is 7.11 Å². The van der Waals surface area contributed by atoms with Gasteiger partial charge < -0.3 is 9.47 Å². The van der Waals surface area contributed by atoms with E-state index >= 15 is 0 Å². The first kappa shape index (κ1) is 16.8. The minimum atomic E-state index is -0.606. The normalized spacial score (nSPS) is 15.3. The molecular formula is C26H18O2S. The Hall–Kier alpha value is -3.17. The van der Waals surface area contributed by atoms with Crippen LogP contribution in [0.25, 0.3) is 16.8 Å². The summed E-state index contributed by atoms with van der Waals surface area (Å²) in [6, 6.07) is 27.4. The molecule has 0 saturated carbocycles. The van der Waals surface area contributed by atoms with E-state index in [1.165, 1.54) is 26.3 Å². The topological polar surface area (TPSA) is 18.5 Å². The van der Waals surface area contributed by atoms with Gasteiger partial charge in [-0.05, 0) is 59.3 Å².